The first kappa shape index (κ1) is 13.4. The fraction of sp³-hybridized carbons (Fsp3) is 0. The quantitative estimate of drug-likeness (QED) is 0.268. The first-order valence-corrected chi connectivity index (χ1v) is 9.21. The summed E-state index contributed by atoms with van der Waals surface area (Å²) in [5.74, 6) is 0. The number of rotatable bonds is 0. The standard InChI is InChI=1S/C26H13N/c1-3-8-18-14-24-22(12-16(18)6-1)20-10-5-11-21-23-13-17-7-2-4-9-19(17)15-25(23)27(24)26(20)21/h1,3,5-15H. The van der Waals surface area contributed by atoms with E-state index < -0.39 is 0 Å². The molecule has 0 fully saturated rings. The molecule has 0 amide bonds. The molecule has 0 saturated heterocycles. The van der Waals surface area contributed by atoms with Crippen LogP contribution in [0.1, 0.15) is 11.1 Å². The van der Waals surface area contributed by atoms with Gasteiger partial charge in [0.05, 0.1) is 16.6 Å². The van der Waals surface area contributed by atoms with Crippen LogP contribution < -0.4 is 0 Å². The molecule has 2 aromatic heterocycles. The Balaban J connectivity index is 1.81. The molecule has 0 bridgehead atoms. The van der Waals surface area contributed by atoms with Gasteiger partial charge in [-0.25, -0.2) is 0 Å². The summed E-state index contributed by atoms with van der Waals surface area (Å²) in [4.78, 5) is 0. The number of nitrogens with zero attached hydrogens (tertiary/aromatic N) is 1. The number of hydrogen-bond donors (Lipinski definition) is 0. The van der Waals surface area contributed by atoms with Crippen LogP contribution >= 0.6 is 0 Å². The monoisotopic (exact) mass is 339 g/mol. The molecule has 0 unspecified atom stereocenters. The second kappa shape index (κ2) is 4.50. The Morgan fingerprint density at radius 3 is 1.96 bits per heavy atom. The summed E-state index contributed by atoms with van der Waals surface area (Å²) in [6.45, 7) is 0. The summed E-state index contributed by atoms with van der Waals surface area (Å²) in [6, 6.07) is 24.5. The minimum absolute atomic E-state index is 1.20. The third-order valence-electron chi connectivity index (χ3n) is 5.93. The first-order chi connectivity index (χ1) is 13.4. The van der Waals surface area contributed by atoms with Crippen molar-refractivity contribution < 1.29 is 0 Å². The molecule has 1 aliphatic carbocycles. The Hall–Kier alpha value is -3.76. The molecular weight excluding hydrogens is 326 g/mol. The van der Waals surface area contributed by atoms with Crippen molar-refractivity contribution in [2.45, 2.75) is 0 Å². The third kappa shape index (κ3) is 1.57. The lowest BCUT2D eigenvalue weighted by Gasteiger charge is -2.05. The van der Waals surface area contributed by atoms with E-state index in [9.17, 15) is 0 Å². The van der Waals surface area contributed by atoms with Crippen molar-refractivity contribution in [3.05, 3.63) is 89.3 Å². The van der Waals surface area contributed by atoms with Crippen molar-refractivity contribution >= 4 is 61.0 Å². The number of hydrogen-bond acceptors (Lipinski definition) is 0. The molecular formula is C26H13N. The zero-order chi connectivity index (χ0) is 17.5. The predicted molar refractivity (Wildman–Crippen MR) is 115 cm³/mol. The molecule has 0 atom stereocenters. The molecule has 0 N–H and O–H groups in total. The zero-order valence-electron chi connectivity index (χ0n) is 14.5. The van der Waals surface area contributed by atoms with Crippen LogP contribution in [-0.2, 0) is 0 Å². The molecule has 122 valence electrons. The first-order valence-electron chi connectivity index (χ1n) is 9.21. The van der Waals surface area contributed by atoms with Crippen LogP contribution in [0.5, 0.6) is 0 Å². The Kier molecular flexibility index (Phi) is 2.24. The summed E-state index contributed by atoms with van der Waals surface area (Å²) in [6.07, 6.45) is 4.05. The van der Waals surface area contributed by atoms with E-state index in [1.54, 1.807) is 0 Å². The highest BCUT2D eigenvalue weighted by Gasteiger charge is 2.18. The highest BCUT2D eigenvalue weighted by molar-refractivity contribution is 6.25. The van der Waals surface area contributed by atoms with E-state index in [1.807, 2.05) is 12.2 Å². The largest absolute Gasteiger partial charge is 0.308 e. The Bertz CT molecular complexity index is 1680. The second-order valence-electron chi connectivity index (χ2n) is 7.33. The van der Waals surface area contributed by atoms with Crippen LogP contribution in [0, 0.1) is 0 Å². The summed E-state index contributed by atoms with van der Waals surface area (Å²) in [5.41, 5.74) is 12.5. The molecule has 0 saturated carbocycles. The van der Waals surface area contributed by atoms with E-state index in [0.717, 1.165) is 0 Å². The molecule has 6 aromatic rings. The van der Waals surface area contributed by atoms with Crippen LogP contribution in [0.25, 0.3) is 61.0 Å². The van der Waals surface area contributed by atoms with Gasteiger partial charge >= 0.3 is 0 Å². The molecule has 1 aliphatic rings. The molecule has 1 heteroatoms. The van der Waals surface area contributed by atoms with Crippen LogP contribution in [-0.4, -0.2) is 4.40 Å². The molecule has 2 heterocycles. The van der Waals surface area contributed by atoms with Gasteiger partial charge in [0.15, 0.2) is 0 Å². The van der Waals surface area contributed by atoms with Crippen molar-refractivity contribution in [1.29, 1.82) is 0 Å². The Morgan fingerprint density at radius 2 is 1.19 bits per heavy atom. The maximum Gasteiger partial charge on any atom is 0.0620 e. The SMILES string of the molecule is C1=C=Cc2cc3c(cc2C=1)c1cccc2c4cc5ccccc5cc4n3c12. The van der Waals surface area contributed by atoms with E-state index in [2.05, 4.69) is 82.6 Å². The molecule has 27 heavy (non-hydrogen) atoms. The maximum absolute atomic E-state index is 3.09. The van der Waals surface area contributed by atoms with Crippen molar-refractivity contribution in [3.8, 4) is 0 Å². The average molecular weight is 339 g/mol. The summed E-state index contributed by atoms with van der Waals surface area (Å²) < 4.78 is 2.44. The van der Waals surface area contributed by atoms with Gasteiger partial charge in [0.1, 0.15) is 0 Å². The van der Waals surface area contributed by atoms with Gasteiger partial charge in [0.25, 0.3) is 0 Å². The normalized spacial score (nSPS) is 13.0. The van der Waals surface area contributed by atoms with Crippen molar-refractivity contribution in [2.24, 2.45) is 0 Å². The third-order valence-corrected chi connectivity index (χ3v) is 5.93. The van der Waals surface area contributed by atoms with E-state index in [0.29, 0.717) is 0 Å². The van der Waals surface area contributed by atoms with E-state index >= 15 is 0 Å². The Labute approximate surface area is 155 Å². The van der Waals surface area contributed by atoms with Crippen LogP contribution in [0.3, 0.4) is 0 Å². The van der Waals surface area contributed by atoms with Crippen LogP contribution in [0.2, 0.25) is 0 Å². The molecule has 4 aromatic carbocycles. The van der Waals surface area contributed by atoms with Crippen molar-refractivity contribution in [2.75, 3.05) is 0 Å². The number of fused-ring (bicyclic) bond motifs is 8. The highest BCUT2D eigenvalue weighted by Crippen LogP contribution is 2.41. The lowest BCUT2D eigenvalue weighted by Crippen LogP contribution is -1.86. The summed E-state index contributed by atoms with van der Waals surface area (Å²) >= 11 is 0. The molecule has 1 nitrogen and oxygen atoms in total. The van der Waals surface area contributed by atoms with Gasteiger partial charge in [-0.15, -0.1) is 0 Å². The second-order valence-corrected chi connectivity index (χ2v) is 7.33. The number of para-hydroxylation sites is 1. The van der Waals surface area contributed by atoms with Crippen molar-refractivity contribution in [3.63, 3.8) is 0 Å². The molecule has 7 rings (SSSR count). The zero-order valence-corrected chi connectivity index (χ0v) is 14.5. The maximum atomic E-state index is 3.09. The van der Waals surface area contributed by atoms with Gasteiger partial charge in [-0.2, -0.15) is 0 Å². The van der Waals surface area contributed by atoms with Crippen molar-refractivity contribution in [1.82, 2.24) is 4.40 Å². The summed E-state index contributed by atoms with van der Waals surface area (Å²) in [7, 11) is 0. The lowest BCUT2D eigenvalue weighted by atomic mass is 10.00. The van der Waals surface area contributed by atoms with E-state index in [-0.39, 0.29) is 0 Å². The van der Waals surface area contributed by atoms with Gasteiger partial charge in [-0.3, -0.25) is 0 Å². The fourth-order valence-electron chi connectivity index (χ4n) is 4.73. The molecule has 0 aliphatic heterocycles. The predicted octanol–water partition coefficient (Wildman–Crippen LogP) is 6.78. The van der Waals surface area contributed by atoms with Crippen LogP contribution in [0.15, 0.2) is 78.2 Å². The van der Waals surface area contributed by atoms with Crippen LogP contribution in [0.4, 0.5) is 0 Å². The fourth-order valence-corrected chi connectivity index (χ4v) is 4.73. The average Bonchev–Trinajstić information content (AvgIpc) is 3.21. The number of benzene rings is 4. The van der Waals surface area contributed by atoms with Gasteiger partial charge in [0, 0.05) is 21.5 Å². The topological polar surface area (TPSA) is 4.41 Å². The Morgan fingerprint density at radius 1 is 0.556 bits per heavy atom. The minimum Gasteiger partial charge on any atom is -0.308 e. The molecule has 0 spiro atoms. The molecule has 0 radical (unpaired) electrons. The highest BCUT2D eigenvalue weighted by atomic mass is 14.9. The lowest BCUT2D eigenvalue weighted by molar-refractivity contribution is 1.37. The number of aromatic nitrogens is 1. The van der Waals surface area contributed by atoms with E-state index in [4.69, 9.17) is 0 Å². The van der Waals surface area contributed by atoms with Gasteiger partial charge < -0.3 is 4.40 Å². The van der Waals surface area contributed by atoms with Gasteiger partial charge in [-0.1, -0.05) is 53.9 Å². The smallest absolute Gasteiger partial charge is 0.0620 e. The summed E-state index contributed by atoms with van der Waals surface area (Å²) in [5, 5.41) is 7.84. The van der Waals surface area contributed by atoms with E-state index in [1.165, 1.54) is 60.0 Å². The minimum atomic E-state index is 1.20. The van der Waals surface area contributed by atoms with Gasteiger partial charge in [0.2, 0.25) is 0 Å². The van der Waals surface area contributed by atoms with Gasteiger partial charge in [-0.05, 0) is 58.3 Å².